The molecule has 1 aliphatic heterocycles. The molecule has 1 saturated heterocycles. The SMILES string of the molecule is CCNc1cc(C(=O)NC2CCCOC2)ccn1. The van der Waals surface area contributed by atoms with Gasteiger partial charge in [0.25, 0.3) is 5.91 Å². The van der Waals surface area contributed by atoms with Gasteiger partial charge in [0.1, 0.15) is 5.82 Å². The van der Waals surface area contributed by atoms with Crippen molar-refractivity contribution in [2.45, 2.75) is 25.8 Å². The highest BCUT2D eigenvalue weighted by Crippen LogP contribution is 2.09. The zero-order chi connectivity index (χ0) is 12.8. The molecule has 1 unspecified atom stereocenters. The van der Waals surface area contributed by atoms with Gasteiger partial charge in [-0.15, -0.1) is 0 Å². The van der Waals surface area contributed by atoms with Gasteiger partial charge in [0.2, 0.25) is 0 Å². The molecule has 98 valence electrons. The molecule has 2 heterocycles. The number of carbonyl (C=O) groups is 1. The Morgan fingerprint density at radius 1 is 1.61 bits per heavy atom. The summed E-state index contributed by atoms with van der Waals surface area (Å²) in [5.41, 5.74) is 0.631. The van der Waals surface area contributed by atoms with Crippen LogP contribution in [0.3, 0.4) is 0 Å². The van der Waals surface area contributed by atoms with Crippen LogP contribution in [0, 0.1) is 0 Å². The van der Waals surface area contributed by atoms with Crippen molar-refractivity contribution in [1.82, 2.24) is 10.3 Å². The van der Waals surface area contributed by atoms with Crippen molar-refractivity contribution in [3.63, 3.8) is 0 Å². The van der Waals surface area contributed by atoms with Crippen molar-refractivity contribution in [2.75, 3.05) is 25.1 Å². The summed E-state index contributed by atoms with van der Waals surface area (Å²) < 4.78 is 5.34. The van der Waals surface area contributed by atoms with E-state index in [1.165, 1.54) is 0 Å². The van der Waals surface area contributed by atoms with E-state index in [0.717, 1.165) is 31.8 Å². The van der Waals surface area contributed by atoms with E-state index in [4.69, 9.17) is 4.74 Å². The van der Waals surface area contributed by atoms with Gasteiger partial charge in [0.05, 0.1) is 12.6 Å². The van der Waals surface area contributed by atoms with Crippen LogP contribution >= 0.6 is 0 Å². The predicted molar refractivity (Wildman–Crippen MR) is 69.7 cm³/mol. The number of ether oxygens (including phenoxy) is 1. The molecule has 2 rings (SSSR count). The van der Waals surface area contributed by atoms with Crippen LogP contribution in [0.1, 0.15) is 30.1 Å². The Morgan fingerprint density at radius 3 is 3.22 bits per heavy atom. The number of hydrogen-bond donors (Lipinski definition) is 2. The highest BCUT2D eigenvalue weighted by Gasteiger charge is 2.17. The molecular weight excluding hydrogens is 230 g/mol. The summed E-state index contributed by atoms with van der Waals surface area (Å²) in [6, 6.07) is 3.62. The average molecular weight is 249 g/mol. The smallest absolute Gasteiger partial charge is 0.251 e. The summed E-state index contributed by atoms with van der Waals surface area (Å²) in [6.07, 6.45) is 3.63. The summed E-state index contributed by atoms with van der Waals surface area (Å²) in [6.45, 7) is 4.19. The number of hydrogen-bond acceptors (Lipinski definition) is 4. The number of pyridine rings is 1. The van der Waals surface area contributed by atoms with Gasteiger partial charge >= 0.3 is 0 Å². The summed E-state index contributed by atoms with van der Waals surface area (Å²) in [4.78, 5) is 16.2. The second-order valence-corrected chi connectivity index (χ2v) is 4.35. The minimum Gasteiger partial charge on any atom is -0.379 e. The zero-order valence-corrected chi connectivity index (χ0v) is 10.6. The third-order valence-corrected chi connectivity index (χ3v) is 2.88. The Kier molecular flexibility index (Phi) is 4.52. The molecular formula is C13H19N3O2. The molecule has 0 saturated carbocycles. The summed E-state index contributed by atoms with van der Waals surface area (Å²) in [5.74, 6) is 0.664. The van der Waals surface area contributed by atoms with Gasteiger partial charge in [-0.05, 0) is 31.9 Å². The van der Waals surface area contributed by atoms with Gasteiger partial charge in [-0.3, -0.25) is 4.79 Å². The average Bonchev–Trinajstić information content (AvgIpc) is 2.40. The van der Waals surface area contributed by atoms with Crippen LogP contribution in [-0.2, 0) is 4.74 Å². The van der Waals surface area contributed by atoms with E-state index in [1.807, 2.05) is 6.92 Å². The van der Waals surface area contributed by atoms with E-state index in [-0.39, 0.29) is 11.9 Å². The first-order valence-corrected chi connectivity index (χ1v) is 6.38. The van der Waals surface area contributed by atoms with Crippen molar-refractivity contribution < 1.29 is 9.53 Å². The molecule has 1 aromatic rings. The second-order valence-electron chi connectivity index (χ2n) is 4.35. The van der Waals surface area contributed by atoms with Gasteiger partial charge in [0.15, 0.2) is 0 Å². The standard InChI is InChI=1S/C13H19N3O2/c1-2-14-12-8-10(5-6-15-12)13(17)16-11-4-3-7-18-9-11/h5-6,8,11H,2-4,7,9H2,1H3,(H,14,15)(H,16,17). The van der Waals surface area contributed by atoms with Gasteiger partial charge < -0.3 is 15.4 Å². The first kappa shape index (κ1) is 12.8. The maximum absolute atomic E-state index is 12.0. The van der Waals surface area contributed by atoms with Crippen molar-refractivity contribution in [1.29, 1.82) is 0 Å². The Bertz CT molecular complexity index is 403. The lowest BCUT2D eigenvalue weighted by atomic mass is 10.1. The first-order chi connectivity index (χ1) is 8.79. The maximum Gasteiger partial charge on any atom is 0.251 e. The molecule has 2 N–H and O–H groups in total. The molecule has 5 heteroatoms. The van der Waals surface area contributed by atoms with Crippen LogP contribution < -0.4 is 10.6 Å². The van der Waals surface area contributed by atoms with E-state index < -0.39 is 0 Å². The first-order valence-electron chi connectivity index (χ1n) is 6.38. The number of aromatic nitrogens is 1. The van der Waals surface area contributed by atoms with Crippen molar-refractivity contribution in [2.24, 2.45) is 0 Å². The van der Waals surface area contributed by atoms with Crippen LogP contribution in [0.15, 0.2) is 18.3 Å². The van der Waals surface area contributed by atoms with Gasteiger partial charge in [0, 0.05) is 24.9 Å². The molecule has 1 aromatic heterocycles. The molecule has 18 heavy (non-hydrogen) atoms. The maximum atomic E-state index is 12.0. The Morgan fingerprint density at radius 2 is 2.50 bits per heavy atom. The lowest BCUT2D eigenvalue weighted by Crippen LogP contribution is -2.40. The Hall–Kier alpha value is -1.62. The summed E-state index contributed by atoms with van der Waals surface area (Å²) >= 11 is 0. The third-order valence-electron chi connectivity index (χ3n) is 2.88. The quantitative estimate of drug-likeness (QED) is 0.847. The van der Waals surface area contributed by atoms with Crippen LogP contribution in [0.2, 0.25) is 0 Å². The molecule has 1 amide bonds. The molecule has 1 aliphatic rings. The number of carbonyl (C=O) groups excluding carboxylic acids is 1. The third kappa shape index (κ3) is 3.43. The van der Waals surface area contributed by atoms with Crippen LogP contribution in [0.5, 0.6) is 0 Å². The second kappa shape index (κ2) is 6.35. The lowest BCUT2D eigenvalue weighted by Gasteiger charge is -2.23. The van der Waals surface area contributed by atoms with Gasteiger partial charge in [-0.1, -0.05) is 0 Å². The molecule has 0 aliphatic carbocycles. The van der Waals surface area contributed by atoms with Gasteiger partial charge in [-0.2, -0.15) is 0 Å². The van der Waals surface area contributed by atoms with Crippen molar-refractivity contribution in [3.05, 3.63) is 23.9 Å². The summed E-state index contributed by atoms with van der Waals surface area (Å²) in [5, 5.41) is 6.08. The molecule has 0 aromatic carbocycles. The van der Waals surface area contributed by atoms with E-state index in [2.05, 4.69) is 15.6 Å². The minimum atomic E-state index is -0.0629. The monoisotopic (exact) mass is 249 g/mol. The van der Waals surface area contributed by atoms with E-state index in [1.54, 1.807) is 18.3 Å². The minimum absolute atomic E-state index is 0.0629. The number of amides is 1. The molecule has 0 spiro atoms. The number of rotatable bonds is 4. The lowest BCUT2D eigenvalue weighted by molar-refractivity contribution is 0.0624. The highest BCUT2D eigenvalue weighted by molar-refractivity contribution is 5.95. The molecule has 1 atom stereocenters. The van der Waals surface area contributed by atoms with E-state index in [9.17, 15) is 4.79 Å². The molecule has 0 bridgehead atoms. The number of anilines is 1. The Balaban J connectivity index is 1.96. The molecule has 5 nitrogen and oxygen atoms in total. The normalized spacial score (nSPS) is 19.3. The molecule has 0 radical (unpaired) electrons. The number of nitrogens with one attached hydrogen (secondary N) is 2. The largest absolute Gasteiger partial charge is 0.379 e. The summed E-state index contributed by atoms with van der Waals surface area (Å²) in [7, 11) is 0. The van der Waals surface area contributed by atoms with Crippen LogP contribution in [0.25, 0.3) is 0 Å². The predicted octanol–water partition coefficient (Wildman–Crippen LogP) is 1.42. The topological polar surface area (TPSA) is 63.2 Å². The van der Waals surface area contributed by atoms with E-state index >= 15 is 0 Å². The van der Waals surface area contributed by atoms with Crippen LogP contribution in [-0.4, -0.2) is 36.7 Å². The fourth-order valence-electron chi connectivity index (χ4n) is 1.97. The van der Waals surface area contributed by atoms with Crippen LogP contribution in [0.4, 0.5) is 5.82 Å². The number of nitrogens with zero attached hydrogens (tertiary/aromatic N) is 1. The highest BCUT2D eigenvalue weighted by atomic mass is 16.5. The Labute approximate surface area is 107 Å². The van der Waals surface area contributed by atoms with Gasteiger partial charge in [-0.25, -0.2) is 4.98 Å². The molecule has 1 fully saturated rings. The van der Waals surface area contributed by atoms with E-state index in [0.29, 0.717) is 12.2 Å². The zero-order valence-electron chi connectivity index (χ0n) is 10.6. The van der Waals surface area contributed by atoms with Crippen molar-refractivity contribution in [3.8, 4) is 0 Å². The fourth-order valence-corrected chi connectivity index (χ4v) is 1.97. The van der Waals surface area contributed by atoms with Crippen molar-refractivity contribution >= 4 is 11.7 Å². The fraction of sp³-hybridized carbons (Fsp3) is 0.538.